The Morgan fingerprint density at radius 1 is 1.57 bits per heavy atom. The number of nitro benzene ring substituents is 1. The van der Waals surface area contributed by atoms with Gasteiger partial charge in [-0.05, 0) is 19.9 Å². The number of thiazole rings is 1. The van der Waals surface area contributed by atoms with E-state index in [0.717, 1.165) is 11.8 Å². The number of hydrogen-bond donors (Lipinski definition) is 0. The molecule has 0 fully saturated rings. The van der Waals surface area contributed by atoms with Crippen LogP contribution in [0, 0.1) is 28.4 Å². The molecule has 118 valence electrons. The third-order valence-corrected chi connectivity index (χ3v) is 4.79. The fourth-order valence-electron chi connectivity index (χ4n) is 1.60. The third kappa shape index (κ3) is 4.28. The number of ether oxygens (including phenoxy) is 1. The molecular formula is C14H11N3O4S2. The molecule has 0 aliphatic rings. The largest absolute Gasteiger partial charge is 0.444 e. The molecule has 1 heterocycles. The first-order valence-electron chi connectivity index (χ1n) is 6.39. The van der Waals surface area contributed by atoms with Gasteiger partial charge in [0.05, 0.1) is 10.5 Å². The summed E-state index contributed by atoms with van der Waals surface area (Å²) >= 11 is 2.63. The lowest BCUT2D eigenvalue weighted by Crippen LogP contribution is -2.14. The van der Waals surface area contributed by atoms with E-state index in [9.17, 15) is 14.9 Å². The lowest BCUT2D eigenvalue weighted by molar-refractivity contribution is -0.384. The van der Waals surface area contributed by atoms with Crippen LogP contribution in [-0.2, 0) is 4.74 Å². The van der Waals surface area contributed by atoms with Crippen LogP contribution in [0.3, 0.4) is 0 Å². The topological polar surface area (TPSA) is 106 Å². The van der Waals surface area contributed by atoms with Crippen molar-refractivity contribution in [1.82, 2.24) is 4.98 Å². The SMILES string of the molecule is Cc1csc(Sc2ccc([N+](=O)[O-])cc2C(=O)OC(C)C#N)n1. The normalized spacial score (nSPS) is 11.5. The summed E-state index contributed by atoms with van der Waals surface area (Å²) in [6.07, 6.45) is -0.943. The van der Waals surface area contributed by atoms with E-state index in [-0.39, 0.29) is 11.3 Å². The quantitative estimate of drug-likeness (QED) is 0.461. The molecule has 1 aromatic heterocycles. The molecule has 0 saturated heterocycles. The van der Waals surface area contributed by atoms with Gasteiger partial charge in [0.25, 0.3) is 5.69 Å². The number of esters is 1. The van der Waals surface area contributed by atoms with Gasteiger partial charge in [0.15, 0.2) is 10.4 Å². The van der Waals surface area contributed by atoms with Crippen molar-refractivity contribution >= 4 is 34.8 Å². The number of nitriles is 1. The maximum atomic E-state index is 12.2. The average molecular weight is 349 g/mol. The van der Waals surface area contributed by atoms with Gasteiger partial charge in [-0.25, -0.2) is 9.78 Å². The van der Waals surface area contributed by atoms with Crippen LogP contribution in [0.2, 0.25) is 0 Å². The predicted molar refractivity (Wildman–Crippen MR) is 84.6 cm³/mol. The summed E-state index contributed by atoms with van der Waals surface area (Å²) in [5.74, 6) is -0.779. The second kappa shape index (κ2) is 7.21. The van der Waals surface area contributed by atoms with E-state index in [4.69, 9.17) is 10.00 Å². The Morgan fingerprint density at radius 2 is 2.30 bits per heavy atom. The first kappa shape index (κ1) is 16.9. The van der Waals surface area contributed by atoms with Gasteiger partial charge < -0.3 is 4.74 Å². The molecule has 0 aliphatic heterocycles. The molecule has 23 heavy (non-hydrogen) atoms. The number of non-ortho nitro benzene ring substituents is 1. The fourth-order valence-corrected chi connectivity index (χ4v) is 3.50. The number of carbonyl (C=O) groups excluding carboxylic acids is 1. The van der Waals surface area contributed by atoms with Gasteiger partial charge in [-0.3, -0.25) is 10.1 Å². The zero-order chi connectivity index (χ0) is 17.0. The van der Waals surface area contributed by atoms with Gasteiger partial charge in [0.1, 0.15) is 6.07 Å². The van der Waals surface area contributed by atoms with Crippen LogP contribution in [0.4, 0.5) is 5.69 Å². The summed E-state index contributed by atoms with van der Waals surface area (Å²) in [4.78, 5) is 27.3. The Balaban J connectivity index is 2.38. The van der Waals surface area contributed by atoms with Gasteiger partial charge in [0.2, 0.25) is 0 Å². The second-order valence-corrected chi connectivity index (χ2v) is 6.62. The highest BCUT2D eigenvalue weighted by atomic mass is 32.2. The summed E-state index contributed by atoms with van der Waals surface area (Å²) in [6.45, 7) is 3.27. The van der Waals surface area contributed by atoms with Gasteiger partial charge in [-0.2, -0.15) is 5.26 Å². The number of nitro groups is 1. The number of aromatic nitrogens is 1. The van der Waals surface area contributed by atoms with Crippen LogP contribution < -0.4 is 0 Å². The third-order valence-electron chi connectivity index (χ3n) is 2.65. The second-order valence-electron chi connectivity index (χ2n) is 4.47. The van der Waals surface area contributed by atoms with E-state index in [1.807, 2.05) is 12.3 Å². The molecule has 9 heteroatoms. The summed E-state index contributed by atoms with van der Waals surface area (Å²) in [5.41, 5.74) is 0.669. The van der Waals surface area contributed by atoms with E-state index >= 15 is 0 Å². The zero-order valence-corrected chi connectivity index (χ0v) is 13.8. The highest BCUT2D eigenvalue weighted by molar-refractivity contribution is 8.01. The van der Waals surface area contributed by atoms with Crippen LogP contribution in [0.15, 0.2) is 32.8 Å². The summed E-state index contributed by atoms with van der Waals surface area (Å²) < 4.78 is 5.66. The predicted octanol–water partition coefficient (Wildman–Crippen LogP) is 3.58. The smallest absolute Gasteiger partial charge is 0.340 e. The van der Waals surface area contributed by atoms with Gasteiger partial charge in [-0.15, -0.1) is 11.3 Å². The Hall–Kier alpha value is -2.44. The maximum absolute atomic E-state index is 12.2. The molecule has 0 spiro atoms. The number of aryl methyl sites for hydroxylation is 1. The van der Waals surface area contributed by atoms with Crippen LogP contribution in [0.1, 0.15) is 23.0 Å². The van der Waals surface area contributed by atoms with E-state index in [2.05, 4.69) is 4.98 Å². The lowest BCUT2D eigenvalue weighted by atomic mass is 10.2. The van der Waals surface area contributed by atoms with Crippen molar-refractivity contribution in [3.05, 3.63) is 45.0 Å². The molecule has 0 N–H and O–H groups in total. The molecule has 0 amide bonds. The molecule has 7 nitrogen and oxygen atoms in total. The minimum atomic E-state index is -0.943. The fraction of sp³-hybridized carbons (Fsp3) is 0.214. The summed E-state index contributed by atoms with van der Waals surface area (Å²) in [7, 11) is 0. The molecule has 1 unspecified atom stereocenters. The first-order valence-corrected chi connectivity index (χ1v) is 8.09. The maximum Gasteiger partial charge on any atom is 0.340 e. The van der Waals surface area contributed by atoms with Crippen molar-refractivity contribution < 1.29 is 14.5 Å². The molecule has 1 aromatic carbocycles. The van der Waals surface area contributed by atoms with Crippen LogP contribution >= 0.6 is 23.1 Å². The highest BCUT2D eigenvalue weighted by Crippen LogP contribution is 2.34. The molecule has 1 atom stereocenters. The monoisotopic (exact) mass is 349 g/mol. The molecule has 0 bridgehead atoms. The number of hydrogen-bond acceptors (Lipinski definition) is 8. The Kier molecular flexibility index (Phi) is 5.31. The van der Waals surface area contributed by atoms with E-state index in [0.29, 0.717) is 9.24 Å². The highest BCUT2D eigenvalue weighted by Gasteiger charge is 2.21. The van der Waals surface area contributed by atoms with E-state index in [1.54, 1.807) is 6.07 Å². The van der Waals surface area contributed by atoms with E-state index < -0.39 is 17.0 Å². The van der Waals surface area contributed by atoms with Crippen molar-refractivity contribution in [2.24, 2.45) is 0 Å². The molecule has 2 aromatic rings. The molecular weight excluding hydrogens is 338 g/mol. The Labute approximate surface area is 140 Å². The molecule has 2 rings (SSSR count). The number of rotatable bonds is 5. The van der Waals surface area contributed by atoms with Gasteiger partial charge >= 0.3 is 5.97 Å². The molecule has 0 saturated carbocycles. The van der Waals surface area contributed by atoms with Crippen LogP contribution in [0.25, 0.3) is 0 Å². The Bertz CT molecular complexity index is 798. The Morgan fingerprint density at radius 3 is 2.87 bits per heavy atom. The van der Waals surface area contributed by atoms with Crippen molar-refractivity contribution in [3.8, 4) is 6.07 Å². The first-order chi connectivity index (χ1) is 10.9. The zero-order valence-electron chi connectivity index (χ0n) is 12.2. The van der Waals surface area contributed by atoms with Crippen LogP contribution in [0.5, 0.6) is 0 Å². The standard InChI is InChI=1S/C14H11N3O4S2/c1-8-7-22-14(16-8)23-12-4-3-10(17(19)20)5-11(12)13(18)21-9(2)6-15/h3-5,7,9H,1-2H3. The van der Waals surface area contributed by atoms with Gasteiger partial charge in [-0.1, -0.05) is 11.8 Å². The number of nitrogens with zero attached hydrogens (tertiary/aromatic N) is 3. The average Bonchev–Trinajstić information content (AvgIpc) is 2.92. The minimum Gasteiger partial charge on any atom is -0.444 e. The number of carbonyl (C=O) groups is 1. The number of benzene rings is 1. The molecule has 0 radical (unpaired) electrons. The van der Waals surface area contributed by atoms with Crippen LogP contribution in [-0.4, -0.2) is 22.0 Å². The lowest BCUT2D eigenvalue weighted by Gasteiger charge is -2.09. The van der Waals surface area contributed by atoms with Crippen molar-refractivity contribution in [2.45, 2.75) is 29.2 Å². The van der Waals surface area contributed by atoms with E-state index in [1.165, 1.54) is 42.2 Å². The summed E-state index contributed by atoms with van der Waals surface area (Å²) in [5, 5.41) is 21.5. The molecule has 0 aliphatic carbocycles. The van der Waals surface area contributed by atoms with Crippen molar-refractivity contribution in [1.29, 1.82) is 5.26 Å². The summed E-state index contributed by atoms with van der Waals surface area (Å²) in [6, 6.07) is 5.72. The van der Waals surface area contributed by atoms with Crippen molar-refractivity contribution in [2.75, 3.05) is 0 Å². The van der Waals surface area contributed by atoms with Crippen molar-refractivity contribution in [3.63, 3.8) is 0 Å². The minimum absolute atomic E-state index is 0.0409. The van der Waals surface area contributed by atoms with Gasteiger partial charge in [0, 0.05) is 28.1 Å².